The van der Waals surface area contributed by atoms with E-state index in [4.69, 9.17) is 15.8 Å². The molecule has 0 fully saturated rings. The number of azide groups is 2. The number of carboxylic acid groups (broad SMARTS) is 1. The lowest BCUT2D eigenvalue weighted by molar-refractivity contribution is 0.0484. The Bertz CT molecular complexity index is 734. The molecule has 0 bridgehead atoms. The summed E-state index contributed by atoms with van der Waals surface area (Å²) in [5.41, 5.74) is 16.7. The largest absolute Gasteiger partial charge is 0.477 e. The lowest BCUT2D eigenvalue weighted by atomic mass is 10.2. The van der Waals surface area contributed by atoms with E-state index in [0.29, 0.717) is 32.5 Å². The van der Waals surface area contributed by atoms with E-state index in [9.17, 15) is 14.7 Å². The van der Waals surface area contributed by atoms with Gasteiger partial charge in [-0.2, -0.15) is 0 Å². The number of hydrogen-bond donors (Lipinski definition) is 1. The minimum absolute atomic E-state index is 0.0513. The van der Waals surface area contributed by atoms with E-state index in [2.05, 4.69) is 20.1 Å². The molecule has 0 aromatic carbocycles. The highest BCUT2D eigenvalue weighted by Gasteiger charge is 2.19. The van der Waals surface area contributed by atoms with Crippen molar-refractivity contribution in [2.24, 2.45) is 10.2 Å². The molecule has 0 atom stereocenters. The predicted octanol–water partition coefficient (Wildman–Crippen LogP) is 4.69. The summed E-state index contributed by atoms with van der Waals surface area (Å²) in [4.78, 5) is 29.0. The standard InChI is InChI=1S/C17H25N7O4/c18-22-20-10-4-1-2-6-12-24-14(16(25)26)8-9-15(24)17(27)28-13-7-3-5-11-21-23-19/h8-9H,1-7,10-13H2,(H,25,26). The summed E-state index contributed by atoms with van der Waals surface area (Å²) in [6.07, 6.45) is 5.30. The zero-order valence-electron chi connectivity index (χ0n) is 15.7. The molecule has 28 heavy (non-hydrogen) atoms. The van der Waals surface area contributed by atoms with E-state index >= 15 is 0 Å². The topological polar surface area (TPSA) is 166 Å². The third-order valence-electron chi connectivity index (χ3n) is 4.06. The number of carbonyl (C=O) groups excluding carboxylic acids is 1. The van der Waals surface area contributed by atoms with Crippen LogP contribution in [0.25, 0.3) is 20.9 Å². The summed E-state index contributed by atoms with van der Waals surface area (Å²) in [5.74, 6) is -1.65. The summed E-state index contributed by atoms with van der Waals surface area (Å²) in [5, 5.41) is 16.2. The predicted molar refractivity (Wildman–Crippen MR) is 102 cm³/mol. The Balaban J connectivity index is 2.51. The van der Waals surface area contributed by atoms with Crippen LogP contribution in [0, 0.1) is 0 Å². The maximum Gasteiger partial charge on any atom is 0.354 e. The lowest BCUT2D eigenvalue weighted by Crippen LogP contribution is -2.17. The van der Waals surface area contributed by atoms with Crippen molar-refractivity contribution in [2.45, 2.75) is 51.5 Å². The second-order valence-electron chi connectivity index (χ2n) is 6.08. The van der Waals surface area contributed by atoms with E-state index in [-0.39, 0.29) is 18.0 Å². The molecule has 0 saturated carbocycles. The molecule has 0 aliphatic rings. The number of aromatic nitrogens is 1. The van der Waals surface area contributed by atoms with Gasteiger partial charge in [-0.05, 0) is 55.3 Å². The van der Waals surface area contributed by atoms with Crippen LogP contribution in [-0.4, -0.2) is 41.3 Å². The maximum absolute atomic E-state index is 12.3. The van der Waals surface area contributed by atoms with Gasteiger partial charge in [-0.25, -0.2) is 9.59 Å². The highest BCUT2D eigenvalue weighted by Crippen LogP contribution is 2.14. The Labute approximate surface area is 162 Å². The molecule has 0 aliphatic carbocycles. The van der Waals surface area contributed by atoms with Gasteiger partial charge >= 0.3 is 11.9 Å². The van der Waals surface area contributed by atoms with Crippen molar-refractivity contribution >= 4 is 11.9 Å². The molecule has 11 nitrogen and oxygen atoms in total. The first-order valence-electron chi connectivity index (χ1n) is 9.23. The Kier molecular flexibility index (Phi) is 11.4. The van der Waals surface area contributed by atoms with Crippen LogP contribution in [0.5, 0.6) is 0 Å². The first-order valence-corrected chi connectivity index (χ1v) is 9.23. The lowest BCUT2D eigenvalue weighted by Gasteiger charge is -2.11. The van der Waals surface area contributed by atoms with Gasteiger partial charge < -0.3 is 14.4 Å². The van der Waals surface area contributed by atoms with Crippen LogP contribution in [0.4, 0.5) is 0 Å². The molecule has 0 spiro atoms. The van der Waals surface area contributed by atoms with Gasteiger partial charge in [0, 0.05) is 29.5 Å². The normalized spacial score (nSPS) is 10.0. The number of esters is 1. The Morgan fingerprint density at radius 2 is 1.50 bits per heavy atom. The molecule has 152 valence electrons. The minimum atomic E-state index is -1.10. The Hall–Kier alpha value is -3.16. The second-order valence-corrected chi connectivity index (χ2v) is 6.08. The fourth-order valence-electron chi connectivity index (χ4n) is 2.67. The molecular weight excluding hydrogens is 366 g/mol. The summed E-state index contributed by atoms with van der Waals surface area (Å²) in [6.45, 7) is 1.48. The average Bonchev–Trinajstić information content (AvgIpc) is 3.10. The Morgan fingerprint density at radius 3 is 2.11 bits per heavy atom. The molecule has 11 heteroatoms. The third kappa shape index (κ3) is 8.48. The van der Waals surface area contributed by atoms with Crippen LogP contribution in [0.15, 0.2) is 22.4 Å². The summed E-state index contributed by atoms with van der Waals surface area (Å²) in [7, 11) is 0. The molecule has 1 aromatic heterocycles. The highest BCUT2D eigenvalue weighted by atomic mass is 16.5. The SMILES string of the molecule is [N-]=[N+]=NCCCCCCn1c(C(=O)O)ccc1C(=O)OCCCCCN=[N+]=[N-]. The molecule has 1 aromatic rings. The van der Waals surface area contributed by atoms with Gasteiger partial charge in [0.2, 0.25) is 0 Å². The number of carboxylic acids is 1. The number of carbonyl (C=O) groups is 2. The van der Waals surface area contributed by atoms with Crippen molar-refractivity contribution < 1.29 is 19.4 Å². The summed E-state index contributed by atoms with van der Waals surface area (Å²) >= 11 is 0. The first kappa shape index (κ1) is 22.9. The van der Waals surface area contributed by atoms with Gasteiger partial charge in [-0.3, -0.25) is 0 Å². The van der Waals surface area contributed by atoms with Crippen LogP contribution < -0.4 is 0 Å². The van der Waals surface area contributed by atoms with Crippen LogP contribution in [0.1, 0.15) is 65.9 Å². The smallest absolute Gasteiger partial charge is 0.354 e. The molecule has 0 amide bonds. The number of ether oxygens (including phenoxy) is 1. The number of unbranched alkanes of at least 4 members (excludes halogenated alkanes) is 5. The molecule has 1 heterocycles. The van der Waals surface area contributed by atoms with E-state index < -0.39 is 11.9 Å². The number of rotatable bonds is 15. The number of hydrogen-bond acceptors (Lipinski definition) is 5. The van der Waals surface area contributed by atoms with Gasteiger partial charge in [0.25, 0.3) is 0 Å². The van der Waals surface area contributed by atoms with Crippen molar-refractivity contribution in [3.05, 3.63) is 44.4 Å². The van der Waals surface area contributed by atoms with E-state index in [1.54, 1.807) is 0 Å². The van der Waals surface area contributed by atoms with Gasteiger partial charge in [-0.1, -0.05) is 23.1 Å². The van der Waals surface area contributed by atoms with Crippen LogP contribution >= 0.6 is 0 Å². The number of aromatic carboxylic acids is 1. The van der Waals surface area contributed by atoms with E-state index in [0.717, 1.165) is 32.1 Å². The second kappa shape index (κ2) is 14.0. The average molecular weight is 391 g/mol. The molecule has 1 N–H and O–H groups in total. The zero-order chi connectivity index (χ0) is 20.6. The van der Waals surface area contributed by atoms with Crippen molar-refractivity contribution in [1.82, 2.24) is 4.57 Å². The molecule has 0 saturated heterocycles. The maximum atomic E-state index is 12.3. The monoisotopic (exact) mass is 391 g/mol. The van der Waals surface area contributed by atoms with Crippen LogP contribution in [0.2, 0.25) is 0 Å². The van der Waals surface area contributed by atoms with Gasteiger partial charge in [0.1, 0.15) is 11.4 Å². The summed E-state index contributed by atoms with van der Waals surface area (Å²) in [6, 6.07) is 2.87. The fraction of sp³-hybridized carbons (Fsp3) is 0.647. The van der Waals surface area contributed by atoms with Gasteiger partial charge in [0.05, 0.1) is 6.61 Å². The van der Waals surface area contributed by atoms with Crippen molar-refractivity contribution in [2.75, 3.05) is 19.7 Å². The quantitative estimate of drug-likeness (QED) is 0.150. The molecule has 0 aliphatic heterocycles. The molecule has 0 unspecified atom stereocenters. The molecular formula is C17H25N7O4. The van der Waals surface area contributed by atoms with E-state index in [1.165, 1.54) is 16.7 Å². The minimum Gasteiger partial charge on any atom is -0.477 e. The third-order valence-corrected chi connectivity index (χ3v) is 4.06. The van der Waals surface area contributed by atoms with Gasteiger partial charge in [-0.15, -0.1) is 0 Å². The highest BCUT2D eigenvalue weighted by molar-refractivity contribution is 5.92. The van der Waals surface area contributed by atoms with Crippen molar-refractivity contribution in [3.63, 3.8) is 0 Å². The van der Waals surface area contributed by atoms with E-state index in [1.807, 2.05) is 0 Å². The molecule has 0 radical (unpaired) electrons. The van der Waals surface area contributed by atoms with Crippen LogP contribution in [0.3, 0.4) is 0 Å². The van der Waals surface area contributed by atoms with Crippen molar-refractivity contribution in [3.8, 4) is 0 Å². The van der Waals surface area contributed by atoms with Crippen molar-refractivity contribution in [1.29, 1.82) is 0 Å². The first-order chi connectivity index (χ1) is 13.6. The van der Waals surface area contributed by atoms with Crippen LogP contribution in [-0.2, 0) is 11.3 Å². The Morgan fingerprint density at radius 1 is 0.929 bits per heavy atom. The molecule has 1 rings (SSSR count). The summed E-state index contributed by atoms with van der Waals surface area (Å²) < 4.78 is 6.71. The zero-order valence-corrected chi connectivity index (χ0v) is 15.7. The fourth-order valence-corrected chi connectivity index (χ4v) is 2.67. The van der Waals surface area contributed by atoms with Gasteiger partial charge in [0.15, 0.2) is 0 Å². The number of nitrogens with zero attached hydrogens (tertiary/aromatic N) is 7.